The van der Waals surface area contributed by atoms with Crippen LogP contribution < -0.4 is 0 Å². The summed E-state index contributed by atoms with van der Waals surface area (Å²) in [5, 5.41) is 8.62. The number of pyridine rings is 1. The molecule has 15 heavy (non-hydrogen) atoms. The Labute approximate surface area is 90.6 Å². The lowest BCUT2D eigenvalue weighted by molar-refractivity contribution is -0.729. The van der Waals surface area contributed by atoms with Gasteiger partial charge in [0.25, 0.3) is 10.8 Å². The van der Waals surface area contributed by atoms with Crippen molar-refractivity contribution in [2.75, 3.05) is 14.1 Å². The minimum absolute atomic E-state index is 0.00241. The van der Waals surface area contributed by atoms with Gasteiger partial charge in [-0.2, -0.15) is 0 Å². The Hall–Kier alpha value is -1.69. The van der Waals surface area contributed by atoms with Crippen molar-refractivity contribution in [1.82, 2.24) is 9.88 Å². The maximum Gasteiger partial charge on any atom is 0.322 e. The van der Waals surface area contributed by atoms with E-state index in [-0.39, 0.29) is 21.5 Å². The van der Waals surface area contributed by atoms with E-state index in [2.05, 4.69) is 4.98 Å². The average molecular weight is 231 g/mol. The number of rotatable bonds is 2. The third-order valence-electron chi connectivity index (χ3n) is 1.63. The number of hydrogen-bond acceptors (Lipinski definition) is 3. The molecule has 1 heterocycles. The molecule has 0 bridgehead atoms. The Kier molecular flexibility index (Phi) is 3.21. The van der Waals surface area contributed by atoms with E-state index >= 15 is 0 Å². The second-order valence-electron chi connectivity index (χ2n) is 3.01. The third-order valence-corrected chi connectivity index (χ3v) is 1.82. The summed E-state index contributed by atoms with van der Waals surface area (Å²) in [6.45, 7) is 0. The van der Waals surface area contributed by atoms with Crippen molar-refractivity contribution in [1.29, 1.82) is 0 Å². The number of amides is 1. The minimum Gasteiger partial charge on any atom is -0.343 e. The number of halogens is 1. The van der Waals surface area contributed by atoms with Crippen molar-refractivity contribution in [3.63, 3.8) is 0 Å². The molecule has 1 amide bonds. The molecule has 0 saturated carbocycles. The van der Waals surface area contributed by atoms with Crippen LogP contribution in [-0.4, -0.2) is 40.0 Å². The maximum absolute atomic E-state index is 11.5. The van der Waals surface area contributed by atoms with Crippen molar-refractivity contribution in [2.24, 2.45) is 0 Å². The molecule has 0 radical (unpaired) electrons. The van der Waals surface area contributed by atoms with Gasteiger partial charge in [-0.3, -0.25) is 4.79 Å². The molecule has 1 N–H and O–H groups in total. The molecule has 1 aromatic heterocycles. The van der Waals surface area contributed by atoms with Crippen LogP contribution in [0.1, 0.15) is 10.5 Å². The molecule has 0 atom stereocenters. The van der Waals surface area contributed by atoms with Crippen molar-refractivity contribution in [2.45, 2.75) is 0 Å². The molecule has 7 heteroatoms. The number of nitrogens with zero attached hydrogens (tertiary/aromatic N) is 3. The third kappa shape index (κ3) is 2.63. The van der Waals surface area contributed by atoms with Crippen LogP contribution in [0.2, 0.25) is 5.15 Å². The molecule has 0 aliphatic rings. The molecule has 0 spiro atoms. The fourth-order valence-corrected chi connectivity index (χ4v) is 1.14. The lowest BCUT2D eigenvalue weighted by Crippen LogP contribution is -2.22. The van der Waals surface area contributed by atoms with E-state index in [9.17, 15) is 9.70 Å². The first-order chi connectivity index (χ1) is 6.91. The minimum atomic E-state index is -0.402. The summed E-state index contributed by atoms with van der Waals surface area (Å²) in [6, 6.07) is 2.31. The zero-order valence-electron chi connectivity index (χ0n) is 8.14. The average Bonchev–Trinajstić information content (AvgIpc) is 2.15. The SMILES string of the molecule is CN(C)C(=O)c1cc([N+](=O)O)cc(Cl)n1. The predicted octanol–water partition coefficient (Wildman–Crippen LogP) is 1.24. The molecular formula is C8H9ClN3O3+. The zero-order chi connectivity index (χ0) is 11.6. The highest BCUT2D eigenvalue weighted by atomic mass is 35.5. The van der Waals surface area contributed by atoms with Gasteiger partial charge in [0, 0.05) is 14.1 Å². The summed E-state index contributed by atoms with van der Waals surface area (Å²) in [4.78, 5) is 26.7. The lowest BCUT2D eigenvalue weighted by Gasteiger charge is -2.08. The Morgan fingerprint density at radius 3 is 2.60 bits per heavy atom. The Morgan fingerprint density at radius 2 is 2.13 bits per heavy atom. The molecular weight excluding hydrogens is 222 g/mol. The molecule has 0 fully saturated rings. The summed E-state index contributed by atoms with van der Waals surface area (Å²) in [5.41, 5.74) is -0.141. The number of aromatic nitrogens is 1. The van der Waals surface area contributed by atoms with E-state index < -0.39 is 5.91 Å². The molecule has 0 aliphatic carbocycles. The van der Waals surface area contributed by atoms with Crippen molar-refractivity contribution in [3.05, 3.63) is 27.9 Å². The first kappa shape index (κ1) is 11.4. The normalized spacial score (nSPS) is 9.80. The van der Waals surface area contributed by atoms with Gasteiger partial charge >= 0.3 is 5.69 Å². The van der Waals surface area contributed by atoms with Gasteiger partial charge < -0.3 is 4.90 Å². The van der Waals surface area contributed by atoms with Crippen molar-refractivity contribution >= 4 is 23.2 Å². The van der Waals surface area contributed by atoms with Gasteiger partial charge in [-0.15, -0.1) is 0 Å². The van der Waals surface area contributed by atoms with Crippen molar-refractivity contribution in [3.8, 4) is 0 Å². The topological polar surface area (TPSA) is 73.5 Å². The molecule has 0 unspecified atom stereocenters. The molecule has 6 nitrogen and oxygen atoms in total. The second kappa shape index (κ2) is 4.22. The van der Waals surface area contributed by atoms with Crippen LogP contribution in [0.4, 0.5) is 5.69 Å². The highest BCUT2D eigenvalue weighted by Crippen LogP contribution is 2.17. The molecule has 1 aromatic rings. The monoisotopic (exact) mass is 230 g/mol. The fraction of sp³-hybridized carbons (Fsp3) is 0.250. The van der Waals surface area contributed by atoms with Crippen molar-refractivity contribution < 1.29 is 14.9 Å². The molecule has 0 aromatic carbocycles. The van der Waals surface area contributed by atoms with Crippen LogP contribution >= 0.6 is 11.6 Å². The molecule has 0 aliphatic heterocycles. The van der Waals surface area contributed by atoms with E-state index in [1.807, 2.05) is 0 Å². The van der Waals surface area contributed by atoms with Crippen LogP contribution in [-0.2, 0) is 0 Å². The van der Waals surface area contributed by atoms with Gasteiger partial charge in [-0.25, -0.2) is 10.2 Å². The predicted molar refractivity (Wildman–Crippen MR) is 52.3 cm³/mol. The summed E-state index contributed by atoms with van der Waals surface area (Å²) in [5.74, 6) is -0.402. The Balaban J connectivity index is 3.20. The van der Waals surface area contributed by atoms with Gasteiger partial charge in [0.15, 0.2) is 0 Å². The summed E-state index contributed by atoms with van der Waals surface area (Å²) < 4.78 is 0. The van der Waals surface area contributed by atoms with E-state index in [0.29, 0.717) is 0 Å². The van der Waals surface area contributed by atoms with Gasteiger partial charge in [0.1, 0.15) is 10.8 Å². The number of hydrogen-bond donors (Lipinski definition) is 1. The standard InChI is InChI=1S/C8H9ClN3O3/c1-11(2)8(13)6-3-5(12(14)15)4-7(9)10-6/h3-4H,1-2H3,(H,14,15)/q+1. The number of carbonyl (C=O) groups is 1. The fourth-order valence-electron chi connectivity index (χ4n) is 0.932. The van der Waals surface area contributed by atoms with Crippen LogP contribution in [0.3, 0.4) is 0 Å². The van der Waals surface area contributed by atoms with E-state index in [0.717, 1.165) is 12.1 Å². The highest BCUT2D eigenvalue weighted by molar-refractivity contribution is 6.29. The first-order valence-electron chi connectivity index (χ1n) is 3.97. The van der Waals surface area contributed by atoms with E-state index in [1.54, 1.807) is 14.1 Å². The van der Waals surface area contributed by atoms with Gasteiger partial charge in [-0.05, 0) is 0 Å². The quantitative estimate of drug-likeness (QED) is 0.613. The van der Waals surface area contributed by atoms with E-state index in [1.165, 1.54) is 4.90 Å². The van der Waals surface area contributed by atoms with E-state index in [4.69, 9.17) is 16.8 Å². The molecule has 80 valence electrons. The first-order valence-corrected chi connectivity index (χ1v) is 4.35. The van der Waals surface area contributed by atoms with Crippen LogP contribution in [0, 0.1) is 4.91 Å². The zero-order valence-corrected chi connectivity index (χ0v) is 8.89. The second-order valence-corrected chi connectivity index (χ2v) is 3.39. The smallest absolute Gasteiger partial charge is 0.322 e. The van der Waals surface area contributed by atoms with Crippen LogP contribution in [0.15, 0.2) is 12.1 Å². The lowest BCUT2D eigenvalue weighted by atomic mass is 10.3. The molecule has 1 rings (SSSR count). The van der Waals surface area contributed by atoms with Gasteiger partial charge in [-0.1, -0.05) is 11.6 Å². The summed E-state index contributed by atoms with van der Waals surface area (Å²) in [7, 11) is 3.08. The largest absolute Gasteiger partial charge is 0.343 e. The van der Waals surface area contributed by atoms with Crippen LogP contribution in [0.25, 0.3) is 0 Å². The summed E-state index contributed by atoms with van der Waals surface area (Å²) >= 11 is 5.58. The molecule has 0 saturated heterocycles. The Bertz CT molecular complexity index is 420. The van der Waals surface area contributed by atoms with Crippen LogP contribution in [0.5, 0.6) is 0 Å². The Morgan fingerprint density at radius 1 is 1.53 bits per heavy atom. The van der Waals surface area contributed by atoms with Gasteiger partial charge in [0.05, 0.1) is 17.0 Å². The summed E-state index contributed by atoms with van der Waals surface area (Å²) in [6.07, 6.45) is 0. The maximum atomic E-state index is 11.5. The number of carbonyl (C=O) groups excluding carboxylic acids is 1. The highest BCUT2D eigenvalue weighted by Gasteiger charge is 2.19. The van der Waals surface area contributed by atoms with Gasteiger partial charge in [0.2, 0.25) is 0 Å².